The second kappa shape index (κ2) is 8.37. The molecule has 0 aliphatic rings. The summed E-state index contributed by atoms with van der Waals surface area (Å²) in [7, 11) is 1.64. The van der Waals surface area contributed by atoms with Crippen LogP contribution in [-0.4, -0.2) is 61.2 Å². The van der Waals surface area contributed by atoms with E-state index >= 15 is 0 Å². The molecule has 0 aromatic carbocycles. The fraction of sp³-hybridized carbons (Fsp3) is 0.917. The zero-order chi connectivity index (χ0) is 15.1. The SMILES string of the molecule is CC(C)N(CCC(=O)N(C)CCCN)CC(F)(F)F. The lowest BCUT2D eigenvalue weighted by atomic mass is 10.2. The molecule has 114 valence electrons. The average Bonchev–Trinajstić information content (AvgIpc) is 2.29. The molecule has 0 rings (SSSR count). The van der Waals surface area contributed by atoms with Crippen LogP contribution < -0.4 is 5.73 Å². The number of hydrogen-bond donors (Lipinski definition) is 1. The minimum absolute atomic E-state index is 0.0926. The van der Waals surface area contributed by atoms with E-state index in [1.807, 2.05) is 0 Å². The number of nitrogens with zero attached hydrogens (tertiary/aromatic N) is 2. The maximum absolute atomic E-state index is 12.4. The third-order valence-corrected chi connectivity index (χ3v) is 2.85. The van der Waals surface area contributed by atoms with Gasteiger partial charge in [0.2, 0.25) is 5.91 Å². The molecule has 0 aliphatic heterocycles. The van der Waals surface area contributed by atoms with E-state index in [2.05, 4.69) is 0 Å². The Balaban J connectivity index is 4.21. The van der Waals surface area contributed by atoms with Crippen molar-refractivity contribution in [3.8, 4) is 0 Å². The van der Waals surface area contributed by atoms with Crippen LogP contribution in [0.15, 0.2) is 0 Å². The van der Waals surface area contributed by atoms with Gasteiger partial charge in [0, 0.05) is 32.6 Å². The van der Waals surface area contributed by atoms with Crippen LogP contribution in [0, 0.1) is 0 Å². The number of carbonyl (C=O) groups is 1. The highest BCUT2D eigenvalue weighted by atomic mass is 19.4. The zero-order valence-electron chi connectivity index (χ0n) is 11.8. The largest absolute Gasteiger partial charge is 0.401 e. The molecule has 0 bridgehead atoms. The van der Waals surface area contributed by atoms with Crippen LogP contribution in [0.5, 0.6) is 0 Å². The van der Waals surface area contributed by atoms with Gasteiger partial charge < -0.3 is 10.6 Å². The summed E-state index contributed by atoms with van der Waals surface area (Å²) in [6, 6.07) is -0.247. The van der Waals surface area contributed by atoms with Crippen molar-refractivity contribution < 1.29 is 18.0 Å². The molecule has 0 aromatic heterocycles. The first-order valence-corrected chi connectivity index (χ1v) is 6.42. The van der Waals surface area contributed by atoms with Gasteiger partial charge in [-0.05, 0) is 26.8 Å². The normalized spacial score (nSPS) is 12.3. The summed E-state index contributed by atoms with van der Waals surface area (Å²) in [6.07, 6.45) is -3.45. The summed E-state index contributed by atoms with van der Waals surface area (Å²) in [5.41, 5.74) is 5.34. The highest BCUT2D eigenvalue weighted by Gasteiger charge is 2.31. The van der Waals surface area contributed by atoms with E-state index in [1.54, 1.807) is 20.9 Å². The van der Waals surface area contributed by atoms with E-state index in [4.69, 9.17) is 5.73 Å². The maximum Gasteiger partial charge on any atom is 0.401 e. The fourth-order valence-corrected chi connectivity index (χ4v) is 1.63. The van der Waals surface area contributed by atoms with Crippen LogP contribution in [0.2, 0.25) is 0 Å². The van der Waals surface area contributed by atoms with Gasteiger partial charge in [0.1, 0.15) is 0 Å². The molecule has 0 heterocycles. The summed E-state index contributed by atoms with van der Waals surface area (Å²) in [5, 5.41) is 0. The zero-order valence-corrected chi connectivity index (χ0v) is 11.8. The summed E-state index contributed by atoms with van der Waals surface area (Å²) in [5.74, 6) is -0.152. The van der Waals surface area contributed by atoms with Gasteiger partial charge in [0.25, 0.3) is 0 Å². The quantitative estimate of drug-likeness (QED) is 0.733. The first-order chi connectivity index (χ1) is 8.67. The molecule has 2 N–H and O–H groups in total. The predicted molar refractivity (Wildman–Crippen MR) is 68.7 cm³/mol. The third kappa shape index (κ3) is 8.83. The molecular weight excluding hydrogens is 259 g/mol. The van der Waals surface area contributed by atoms with Gasteiger partial charge >= 0.3 is 6.18 Å². The van der Waals surface area contributed by atoms with E-state index in [1.165, 1.54) is 9.80 Å². The van der Waals surface area contributed by atoms with Gasteiger partial charge in [-0.1, -0.05) is 0 Å². The van der Waals surface area contributed by atoms with Crippen LogP contribution in [0.4, 0.5) is 13.2 Å². The molecule has 0 atom stereocenters. The number of amides is 1. The average molecular weight is 283 g/mol. The number of rotatable bonds is 8. The molecule has 0 aliphatic carbocycles. The Morgan fingerprint density at radius 3 is 2.26 bits per heavy atom. The molecule has 0 spiro atoms. The van der Waals surface area contributed by atoms with Crippen LogP contribution in [0.1, 0.15) is 26.7 Å². The van der Waals surface area contributed by atoms with Gasteiger partial charge in [-0.3, -0.25) is 9.69 Å². The van der Waals surface area contributed by atoms with Crippen molar-refractivity contribution in [1.29, 1.82) is 0 Å². The van der Waals surface area contributed by atoms with Crippen LogP contribution in [0.3, 0.4) is 0 Å². The third-order valence-electron chi connectivity index (χ3n) is 2.85. The minimum Gasteiger partial charge on any atom is -0.346 e. The Morgan fingerprint density at radius 1 is 1.26 bits per heavy atom. The van der Waals surface area contributed by atoms with E-state index in [0.717, 1.165) is 0 Å². The van der Waals surface area contributed by atoms with Crippen LogP contribution in [0.25, 0.3) is 0 Å². The lowest BCUT2D eigenvalue weighted by Gasteiger charge is -2.28. The van der Waals surface area contributed by atoms with Crippen molar-refractivity contribution in [2.75, 3.05) is 33.2 Å². The molecule has 0 radical (unpaired) electrons. The molecule has 0 fully saturated rings. The molecule has 0 saturated carbocycles. The molecule has 19 heavy (non-hydrogen) atoms. The lowest BCUT2D eigenvalue weighted by molar-refractivity contribution is -0.151. The Kier molecular flexibility index (Phi) is 8.01. The Hall–Kier alpha value is -0.820. The van der Waals surface area contributed by atoms with E-state index in [9.17, 15) is 18.0 Å². The summed E-state index contributed by atoms with van der Waals surface area (Å²) in [6.45, 7) is 3.54. The molecule has 0 saturated heterocycles. The van der Waals surface area contributed by atoms with E-state index in [0.29, 0.717) is 19.5 Å². The Morgan fingerprint density at radius 2 is 1.84 bits per heavy atom. The molecule has 0 aromatic rings. The molecule has 1 amide bonds. The maximum atomic E-state index is 12.4. The molecule has 4 nitrogen and oxygen atoms in total. The van der Waals surface area contributed by atoms with Gasteiger partial charge in [0.15, 0.2) is 0 Å². The Bertz CT molecular complexity index is 269. The number of nitrogens with two attached hydrogens (primary N) is 1. The monoisotopic (exact) mass is 283 g/mol. The lowest BCUT2D eigenvalue weighted by Crippen LogP contribution is -2.41. The first-order valence-electron chi connectivity index (χ1n) is 6.42. The van der Waals surface area contributed by atoms with Crippen molar-refractivity contribution in [2.45, 2.75) is 38.9 Å². The second-order valence-corrected chi connectivity index (χ2v) is 4.89. The standard InChI is InChI=1S/C12H24F3N3O/c1-10(2)18(9-12(13,14)15)8-5-11(19)17(3)7-4-6-16/h10H,4-9,16H2,1-3H3. The van der Waals surface area contributed by atoms with Gasteiger partial charge in [-0.25, -0.2) is 0 Å². The van der Waals surface area contributed by atoms with E-state index < -0.39 is 12.7 Å². The number of alkyl halides is 3. The molecular formula is C12H24F3N3O. The van der Waals surface area contributed by atoms with Gasteiger partial charge in [-0.2, -0.15) is 13.2 Å². The number of hydrogen-bond acceptors (Lipinski definition) is 3. The molecule has 7 heteroatoms. The summed E-state index contributed by atoms with van der Waals surface area (Å²) < 4.78 is 37.1. The van der Waals surface area contributed by atoms with Crippen LogP contribution in [-0.2, 0) is 4.79 Å². The number of halogens is 3. The first kappa shape index (κ1) is 18.2. The highest BCUT2D eigenvalue weighted by molar-refractivity contribution is 5.76. The van der Waals surface area contributed by atoms with Crippen LogP contribution >= 0.6 is 0 Å². The Labute approximate surface area is 112 Å². The van der Waals surface area contributed by atoms with Crippen molar-refractivity contribution in [2.24, 2.45) is 5.73 Å². The van der Waals surface area contributed by atoms with Crippen molar-refractivity contribution in [1.82, 2.24) is 9.80 Å². The van der Waals surface area contributed by atoms with Crippen molar-refractivity contribution in [3.05, 3.63) is 0 Å². The minimum atomic E-state index is -4.24. The predicted octanol–water partition coefficient (Wildman–Crippen LogP) is 1.46. The smallest absolute Gasteiger partial charge is 0.346 e. The molecule has 0 unspecified atom stereocenters. The summed E-state index contributed by atoms with van der Waals surface area (Å²) >= 11 is 0. The van der Waals surface area contributed by atoms with E-state index in [-0.39, 0.29) is 24.9 Å². The fourth-order valence-electron chi connectivity index (χ4n) is 1.63. The summed E-state index contributed by atoms with van der Waals surface area (Å²) in [4.78, 5) is 14.5. The topological polar surface area (TPSA) is 49.6 Å². The van der Waals surface area contributed by atoms with Crippen molar-refractivity contribution in [3.63, 3.8) is 0 Å². The van der Waals surface area contributed by atoms with Gasteiger partial charge in [0.05, 0.1) is 6.54 Å². The van der Waals surface area contributed by atoms with Gasteiger partial charge in [-0.15, -0.1) is 0 Å². The second-order valence-electron chi connectivity index (χ2n) is 4.89. The highest BCUT2D eigenvalue weighted by Crippen LogP contribution is 2.18. The number of carbonyl (C=O) groups excluding carboxylic acids is 1. The van der Waals surface area contributed by atoms with Crippen molar-refractivity contribution >= 4 is 5.91 Å².